The van der Waals surface area contributed by atoms with Crippen LogP contribution in [0.5, 0.6) is 0 Å². The van der Waals surface area contributed by atoms with Gasteiger partial charge >= 0.3 is 11.6 Å². The molecule has 0 aliphatic carbocycles. The van der Waals surface area contributed by atoms with Gasteiger partial charge in [-0.25, -0.2) is 4.79 Å². The number of aryl methyl sites for hydroxylation is 1. The van der Waals surface area contributed by atoms with Gasteiger partial charge in [0, 0.05) is 27.1 Å². The maximum absolute atomic E-state index is 12.0. The summed E-state index contributed by atoms with van der Waals surface area (Å²) < 4.78 is 10.5. The fourth-order valence-corrected chi connectivity index (χ4v) is 2.74. The van der Waals surface area contributed by atoms with Crippen LogP contribution in [0.3, 0.4) is 0 Å². The average Bonchev–Trinajstić information content (AvgIpc) is 2.56. The number of carbonyl (C=O) groups is 1. The molecule has 0 radical (unpaired) electrons. The van der Waals surface area contributed by atoms with Gasteiger partial charge in [-0.2, -0.15) is 0 Å². The second-order valence-corrected chi connectivity index (χ2v) is 6.50. The molecule has 6 heteroatoms. The summed E-state index contributed by atoms with van der Waals surface area (Å²) in [7, 11) is 0. The molecule has 0 saturated carbocycles. The van der Waals surface area contributed by atoms with Crippen molar-refractivity contribution in [2.75, 3.05) is 0 Å². The summed E-state index contributed by atoms with van der Waals surface area (Å²) in [6.45, 7) is 1.79. The zero-order chi connectivity index (χ0) is 18.0. The van der Waals surface area contributed by atoms with E-state index in [2.05, 4.69) is 0 Å². The summed E-state index contributed by atoms with van der Waals surface area (Å²) in [5, 5.41) is 1.80. The quantitative estimate of drug-likeness (QED) is 0.489. The predicted octanol–water partition coefficient (Wildman–Crippen LogP) is 4.69. The van der Waals surface area contributed by atoms with Crippen LogP contribution in [0.4, 0.5) is 0 Å². The second kappa shape index (κ2) is 7.30. The van der Waals surface area contributed by atoms with E-state index in [0.29, 0.717) is 26.6 Å². The lowest BCUT2D eigenvalue weighted by Gasteiger charge is -2.09. The van der Waals surface area contributed by atoms with E-state index >= 15 is 0 Å². The summed E-state index contributed by atoms with van der Waals surface area (Å²) >= 11 is 12.0. The lowest BCUT2D eigenvalue weighted by atomic mass is 10.1. The minimum atomic E-state index is -0.502. The van der Waals surface area contributed by atoms with E-state index in [9.17, 15) is 9.59 Å². The first-order valence-electron chi connectivity index (χ1n) is 7.55. The number of fused-ring (bicyclic) bond motifs is 1. The molecule has 3 aromatic rings. The average molecular weight is 377 g/mol. The van der Waals surface area contributed by atoms with E-state index in [1.165, 1.54) is 6.07 Å². The van der Waals surface area contributed by atoms with Gasteiger partial charge in [-0.1, -0.05) is 35.3 Å². The van der Waals surface area contributed by atoms with Gasteiger partial charge in [0.25, 0.3) is 0 Å². The Labute approximate surface area is 153 Å². The van der Waals surface area contributed by atoms with Crippen molar-refractivity contribution in [3.63, 3.8) is 0 Å². The van der Waals surface area contributed by atoms with Crippen LogP contribution in [0.2, 0.25) is 10.0 Å². The first-order chi connectivity index (χ1) is 11.9. The van der Waals surface area contributed by atoms with Crippen molar-refractivity contribution in [3.8, 4) is 0 Å². The molecule has 2 aromatic carbocycles. The molecule has 1 heterocycles. The van der Waals surface area contributed by atoms with Gasteiger partial charge in [-0.3, -0.25) is 4.79 Å². The van der Waals surface area contributed by atoms with E-state index < -0.39 is 11.6 Å². The van der Waals surface area contributed by atoms with Crippen molar-refractivity contribution in [1.82, 2.24) is 0 Å². The van der Waals surface area contributed by atoms with Crippen molar-refractivity contribution in [3.05, 3.63) is 79.6 Å². The van der Waals surface area contributed by atoms with Gasteiger partial charge in [0.2, 0.25) is 0 Å². The molecule has 128 valence electrons. The number of hydrogen-bond acceptors (Lipinski definition) is 4. The Morgan fingerprint density at radius 2 is 1.84 bits per heavy atom. The third-order valence-corrected chi connectivity index (χ3v) is 4.42. The van der Waals surface area contributed by atoms with Crippen molar-refractivity contribution >= 4 is 40.1 Å². The van der Waals surface area contributed by atoms with E-state index in [1.807, 2.05) is 6.92 Å². The van der Waals surface area contributed by atoms with Crippen molar-refractivity contribution < 1.29 is 13.9 Å². The monoisotopic (exact) mass is 376 g/mol. The Morgan fingerprint density at radius 3 is 2.56 bits per heavy atom. The summed E-state index contributed by atoms with van der Waals surface area (Å²) in [5.74, 6) is -0.401. The van der Waals surface area contributed by atoms with E-state index in [-0.39, 0.29) is 13.0 Å². The van der Waals surface area contributed by atoms with Gasteiger partial charge in [-0.15, -0.1) is 0 Å². The third kappa shape index (κ3) is 4.21. The van der Waals surface area contributed by atoms with Crippen LogP contribution in [-0.2, 0) is 22.6 Å². The molecule has 0 atom stereocenters. The van der Waals surface area contributed by atoms with Crippen LogP contribution in [0.25, 0.3) is 11.0 Å². The lowest BCUT2D eigenvalue weighted by Crippen LogP contribution is -2.10. The summed E-state index contributed by atoms with van der Waals surface area (Å²) in [4.78, 5) is 23.7. The third-order valence-electron chi connectivity index (χ3n) is 3.76. The molecule has 25 heavy (non-hydrogen) atoms. The molecule has 0 spiro atoms. The van der Waals surface area contributed by atoms with Gasteiger partial charge in [-0.05, 0) is 42.3 Å². The maximum Gasteiger partial charge on any atom is 0.336 e. The Hall–Kier alpha value is -2.30. The van der Waals surface area contributed by atoms with Crippen LogP contribution in [0.15, 0.2) is 51.7 Å². The smallest absolute Gasteiger partial charge is 0.336 e. The van der Waals surface area contributed by atoms with Gasteiger partial charge in [0.15, 0.2) is 0 Å². The highest BCUT2D eigenvalue weighted by molar-refractivity contribution is 6.32. The van der Waals surface area contributed by atoms with Crippen molar-refractivity contribution in [1.29, 1.82) is 0 Å². The Balaban J connectivity index is 1.78. The van der Waals surface area contributed by atoms with Gasteiger partial charge < -0.3 is 9.15 Å². The van der Waals surface area contributed by atoms with Gasteiger partial charge in [0.05, 0.1) is 6.42 Å². The van der Waals surface area contributed by atoms with E-state index in [1.54, 1.807) is 36.4 Å². The molecule has 4 nitrogen and oxygen atoms in total. The second-order valence-electron chi connectivity index (χ2n) is 5.65. The fourth-order valence-electron chi connectivity index (χ4n) is 2.45. The topological polar surface area (TPSA) is 56.5 Å². The Kier molecular flexibility index (Phi) is 5.11. The van der Waals surface area contributed by atoms with Gasteiger partial charge in [0.1, 0.15) is 12.2 Å². The van der Waals surface area contributed by atoms with Crippen LogP contribution in [0, 0.1) is 6.92 Å². The molecule has 0 bridgehead atoms. The number of carbonyl (C=O) groups excluding carboxylic acids is 1. The molecule has 0 aliphatic rings. The molecule has 0 amide bonds. The zero-order valence-corrected chi connectivity index (χ0v) is 14.9. The van der Waals surface area contributed by atoms with E-state index in [0.717, 1.165) is 11.1 Å². The molecule has 0 saturated heterocycles. The van der Waals surface area contributed by atoms with Crippen LogP contribution >= 0.6 is 23.2 Å². The highest BCUT2D eigenvalue weighted by atomic mass is 35.5. The van der Waals surface area contributed by atoms with Crippen LogP contribution in [-0.4, -0.2) is 5.97 Å². The predicted molar refractivity (Wildman–Crippen MR) is 97.2 cm³/mol. The lowest BCUT2D eigenvalue weighted by molar-refractivity contribution is -0.144. The number of benzene rings is 2. The van der Waals surface area contributed by atoms with Crippen molar-refractivity contribution in [2.45, 2.75) is 20.0 Å². The number of halogens is 2. The van der Waals surface area contributed by atoms with Crippen molar-refractivity contribution in [2.24, 2.45) is 0 Å². The number of ether oxygens (including phenoxy) is 1. The number of rotatable bonds is 4. The number of esters is 1. The SMILES string of the molecule is Cc1cc2oc(=O)cc(COC(=O)Cc3ccc(Cl)cc3)c2cc1Cl. The standard InChI is InChI=1S/C19H14Cl2O4/c1-11-6-17-15(9-16(11)21)13(8-19(23)25-17)10-24-18(22)7-12-2-4-14(20)5-3-12/h2-6,8-9H,7,10H2,1H3. The highest BCUT2D eigenvalue weighted by Crippen LogP contribution is 2.25. The Bertz CT molecular complexity index is 991. The zero-order valence-electron chi connectivity index (χ0n) is 13.3. The largest absolute Gasteiger partial charge is 0.461 e. The number of hydrogen-bond donors (Lipinski definition) is 0. The minimum absolute atomic E-state index is 0.0338. The first kappa shape index (κ1) is 17.5. The van der Waals surface area contributed by atoms with Crippen LogP contribution < -0.4 is 5.63 Å². The Morgan fingerprint density at radius 1 is 1.12 bits per heavy atom. The molecular weight excluding hydrogens is 363 g/mol. The molecule has 0 unspecified atom stereocenters. The van der Waals surface area contributed by atoms with Crippen LogP contribution in [0.1, 0.15) is 16.7 Å². The molecule has 0 aliphatic heterocycles. The van der Waals surface area contributed by atoms with E-state index in [4.69, 9.17) is 32.4 Å². The summed E-state index contributed by atoms with van der Waals surface area (Å²) in [6.07, 6.45) is 0.121. The first-order valence-corrected chi connectivity index (χ1v) is 8.31. The molecule has 0 fully saturated rings. The molecule has 1 aromatic heterocycles. The molecular formula is C19H14Cl2O4. The summed E-state index contributed by atoms with van der Waals surface area (Å²) in [5.41, 5.74) is 2.06. The molecule has 3 rings (SSSR count). The molecule has 0 N–H and O–H groups in total. The minimum Gasteiger partial charge on any atom is -0.461 e. The highest BCUT2D eigenvalue weighted by Gasteiger charge is 2.11. The maximum atomic E-state index is 12.0. The summed E-state index contributed by atoms with van der Waals surface area (Å²) in [6, 6.07) is 11.7. The fraction of sp³-hybridized carbons (Fsp3) is 0.158. The normalized spacial score (nSPS) is 10.8.